The van der Waals surface area contributed by atoms with Gasteiger partial charge in [0.1, 0.15) is 11.4 Å². The van der Waals surface area contributed by atoms with E-state index in [4.69, 9.17) is 17.3 Å². The van der Waals surface area contributed by atoms with E-state index < -0.39 is 46.9 Å². The molecule has 0 bridgehead atoms. The van der Waals surface area contributed by atoms with Crippen LogP contribution in [0.5, 0.6) is 0 Å². The number of halogens is 6. The maximum atomic E-state index is 12.6. The van der Waals surface area contributed by atoms with E-state index in [1.54, 1.807) is 0 Å². The Kier molecular flexibility index (Phi) is 4.23. The third kappa shape index (κ3) is 2.94. The van der Waals surface area contributed by atoms with Crippen LogP contribution in [-0.4, -0.2) is 10.2 Å². The summed E-state index contributed by atoms with van der Waals surface area (Å²) in [5.41, 5.74) is 1.13. The monoisotopic (exact) mass is 288 g/mol. The highest BCUT2D eigenvalue weighted by Gasteiger charge is 2.35. The molecule has 1 rings (SSSR count). The van der Waals surface area contributed by atoms with E-state index in [9.17, 15) is 26.7 Å². The molecule has 0 amide bonds. The van der Waals surface area contributed by atoms with Crippen molar-refractivity contribution in [2.75, 3.05) is 0 Å². The van der Waals surface area contributed by atoms with E-state index in [1.165, 1.54) is 0 Å². The fourth-order valence-corrected chi connectivity index (χ4v) is 1.46. The second kappa shape index (κ2) is 5.15. The Hall–Kier alpha value is -1.28. The molecule has 1 heterocycles. The van der Waals surface area contributed by atoms with Crippen molar-refractivity contribution >= 4 is 16.8 Å². The number of carbonyl (C=O) groups is 1. The predicted octanol–water partition coefficient (Wildman–Crippen LogP) is 2.88. The fraction of sp³-hybridized carbons (Fsp3) is 0.333. The first-order valence-electron chi connectivity index (χ1n) is 4.47. The maximum absolute atomic E-state index is 12.6. The van der Waals surface area contributed by atoms with Crippen molar-refractivity contribution in [2.24, 2.45) is 5.73 Å². The van der Waals surface area contributed by atoms with Gasteiger partial charge in [0.15, 0.2) is 0 Å². The van der Waals surface area contributed by atoms with E-state index >= 15 is 0 Å². The third-order valence-electron chi connectivity index (χ3n) is 2.07. The lowest BCUT2D eigenvalue weighted by atomic mass is 10.1. The Morgan fingerprint density at radius 3 is 2.33 bits per heavy atom. The zero-order valence-corrected chi connectivity index (χ0v) is 9.32. The summed E-state index contributed by atoms with van der Waals surface area (Å²) in [6.45, 7) is -0.571. The van der Waals surface area contributed by atoms with Gasteiger partial charge in [-0.1, -0.05) is 0 Å². The predicted molar refractivity (Wildman–Crippen MR) is 52.3 cm³/mol. The number of nitrogens with two attached hydrogens (primary N) is 1. The Morgan fingerprint density at radius 2 is 2.00 bits per heavy atom. The number of hydrogen-bond donors (Lipinski definition) is 1. The summed E-state index contributed by atoms with van der Waals surface area (Å²) < 4.78 is 62.5. The molecule has 0 aliphatic rings. The molecule has 0 fully saturated rings. The van der Waals surface area contributed by atoms with Gasteiger partial charge in [-0.2, -0.15) is 13.2 Å². The summed E-state index contributed by atoms with van der Waals surface area (Å²) >= 11 is 5.02. The molecule has 18 heavy (non-hydrogen) atoms. The summed E-state index contributed by atoms with van der Waals surface area (Å²) in [6.07, 6.45) is -8.18. The average Bonchev–Trinajstić information content (AvgIpc) is 2.25. The van der Waals surface area contributed by atoms with E-state index in [2.05, 4.69) is 4.98 Å². The Balaban J connectivity index is 3.59. The average molecular weight is 289 g/mol. The highest BCUT2D eigenvalue weighted by molar-refractivity contribution is 6.67. The molecular weight excluding hydrogens is 283 g/mol. The maximum Gasteiger partial charge on any atom is 0.433 e. The van der Waals surface area contributed by atoms with Crippen molar-refractivity contribution in [3.63, 3.8) is 0 Å². The number of alkyl halides is 5. The van der Waals surface area contributed by atoms with Crippen LogP contribution in [0.1, 0.15) is 33.7 Å². The fourth-order valence-electron chi connectivity index (χ4n) is 1.31. The van der Waals surface area contributed by atoms with E-state index in [1.807, 2.05) is 0 Å². The molecular formula is C9H6ClF5N2O. The number of hydrogen-bond acceptors (Lipinski definition) is 3. The van der Waals surface area contributed by atoms with E-state index in [0.717, 1.165) is 0 Å². The van der Waals surface area contributed by atoms with Crippen LogP contribution in [-0.2, 0) is 12.7 Å². The molecule has 0 unspecified atom stereocenters. The van der Waals surface area contributed by atoms with Crippen molar-refractivity contribution in [2.45, 2.75) is 19.1 Å². The highest BCUT2D eigenvalue weighted by atomic mass is 35.5. The van der Waals surface area contributed by atoms with Gasteiger partial charge in [0, 0.05) is 17.7 Å². The molecule has 0 spiro atoms. The second-order valence-corrected chi connectivity index (χ2v) is 3.54. The first kappa shape index (κ1) is 14.8. The second-order valence-electron chi connectivity index (χ2n) is 3.20. The van der Waals surface area contributed by atoms with Crippen LogP contribution in [0.3, 0.4) is 0 Å². The standard InChI is InChI=1S/C9H6ClF5N2O/c10-7(18)6-4(2-16)3(8(11)12)1-5(17-6)9(13,14)15/h1,8H,2,16H2. The van der Waals surface area contributed by atoms with Gasteiger partial charge >= 0.3 is 6.18 Å². The van der Waals surface area contributed by atoms with Crippen molar-refractivity contribution in [3.8, 4) is 0 Å². The number of aromatic nitrogens is 1. The smallest absolute Gasteiger partial charge is 0.326 e. The zero-order chi connectivity index (χ0) is 14.1. The SMILES string of the molecule is NCc1c(C(F)F)cc(C(F)(F)F)nc1C(=O)Cl. The number of rotatable bonds is 3. The van der Waals surface area contributed by atoms with Crippen LogP contribution in [0.4, 0.5) is 22.0 Å². The van der Waals surface area contributed by atoms with Gasteiger partial charge in [-0.05, 0) is 17.7 Å². The molecule has 1 aromatic heterocycles. The van der Waals surface area contributed by atoms with Gasteiger partial charge in [0.05, 0.1) is 0 Å². The van der Waals surface area contributed by atoms with Crippen LogP contribution in [0.15, 0.2) is 6.07 Å². The molecule has 0 atom stereocenters. The van der Waals surface area contributed by atoms with Crippen LogP contribution in [0, 0.1) is 0 Å². The highest BCUT2D eigenvalue weighted by Crippen LogP contribution is 2.33. The molecule has 2 N–H and O–H groups in total. The Morgan fingerprint density at radius 1 is 1.44 bits per heavy atom. The topological polar surface area (TPSA) is 56.0 Å². The largest absolute Gasteiger partial charge is 0.433 e. The van der Waals surface area contributed by atoms with Gasteiger partial charge < -0.3 is 5.73 Å². The molecule has 0 radical (unpaired) electrons. The zero-order valence-electron chi connectivity index (χ0n) is 8.56. The summed E-state index contributed by atoms with van der Waals surface area (Å²) in [7, 11) is 0. The minimum Gasteiger partial charge on any atom is -0.326 e. The van der Waals surface area contributed by atoms with Gasteiger partial charge in [0.2, 0.25) is 0 Å². The molecule has 3 nitrogen and oxygen atoms in total. The lowest BCUT2D eigenvalue weighted by Crippen LogP contribution is -2.17. The molecule has 0 aliphatic heterocycles. The van der Waals surface area contributed by atoms with Crippen molar-refractivity contribution in [1.29, 1.82) is 0 Å². The van der Waals surface area contributed by atoms with Crippen LogP contribution in [0.25, 0.3) is 0 Å². The summed E-state index contributed by atoms with van der Waals surface area (Å²) in [5.74, 6) is 0. The van der Waals surface area contributed by atoms with Gasteiger partial charge in [-0.3, -0.25) is 4.79 Å². The summed E-state index contributed by atoms with van der Waals surface area (Å²) in [6, 6.07) is 0.163. The number of nitrogens with zero attached hydrogens (tertiary/aromatic N) is 1. The van der Waals surface area contributed by atoms with Crippen LogP contribution in [0.2, 0.25) is 0 Å². The molecule has 0 aliphatic carbocycles. The van der Waals surface area contributed by atoms with Crippen LogP contribution < -0.4 is 5.73 Å². The normalized spacial score (nSPS) is 12.0. The minimum absolute atomic E-state index is 0.163. The van der Waals surface area contributed by atoms with Crippen LogP contribution >= 0.6 is 11.6 Å². The lowest BCUT2D eigenvalue weighted by molar-refractivity contribution is -0.141. The molecule has 0 aromatic carbocycles. The molecule has 1 aromatic rings. The quantitative estimate of drug-likeness (QED) is 0.687. The number of pyridine rings is 1. The van der Waals surface area contributed by atoms with Crippen molar-refractivity contribution in [1.82, 2.24) is 4.98 Å². The Labute approximate surface area is 103 Å². The molecule has 100 valence electrons. The molecule has 0 saturated carbocycles. The Bertz CT molecular complexity index is 475. The summed E-state index contributed by atoms with van der Waals surface area (Å²) in [5, 5.41) is -1.37. The third-order valence-corrected chi connectivity index (χ3v) is 2.25. The van der Waals surface area contributed by atoms with Crippen molar-refractivity contribution in [3.05, 3.63) is 28.6 Å². The van der Waals surface area contributed by atoms with Gasteiger partial charge in [0.25, 0.3) is 11.7 Å². The number of carbonyl (C=O) groups excluding carboxylic acids is 1. The van der Waals surface area contributed by atoms with E-state index in [-0.39, 0.29) is 6.07 Å². The van der Waals surface area contributed by atoms with Gasteiger partial charge in [-0.15, -0.1) is 0 Å². The first-order valence-corrected chi connectivity index (χ1v) is 4.85. The first-order chi connectivity index (χ1) is 8.18. The van der Waals surface area contributed by atoms with Gasteiger partial charge in [-0.25, -0.2) is 13.8 Å². The molecule has 9 heteroatoms. The minimum atomic E-state index is -4.96. The summed E-state index contributed by atoms with van der Waals surface area (Å²) in [4.78, 5) is 13.9. The van der Waals surface area contributed by atoms with E-state index in [0.29, 0.717) is 0 Å². The lowest BCUT2D eigenvalue weighted by Gasteiger charge is -2.14. The van der Waals surface area contributed by atoms with Crippen molar-refractivity contribution < 1.29 is 26.7 Å². The molecule has 0 saturated heterocycles.